The van der Waals surface area contributed by atoms with Crippen molar-refractivity contribution in [1.29, 1.82) is 0 Å². The molecule has 86 valence electrons. The summed E-state index contributed by atoms with van der Waals surface area (Å²) in [6.07, 6.45) is 3.34. The maximum absolute atomic E-state index is 11.5. The maximum Gasteiger partial charge on any atom is 0.323 e. The summed E-state index contributed by atoms with van der Waals surface area (Å²) in [5.74, 6) is -1.17. The quantitative estimate of drug-likeness (QED) is 0.447. The van der Waals surface area contributed by atoms with Gasteiger partial charge < -0.3 is 15.7 Å². The topological polar surface area (TPSA) is 83.6 Å². The van der Waals surface area contributed by atoms with Gasteiger partial charge in [0.2, 0.25) is 5.91 Å². The third-order valence-corrected chi connectivity index (χ3v) is 1.87. The van der Waals surface area contributed by atoms with Crippen molar-refractivity contribution in [3.63, 3.8) is 0 Å². The summed E-state index contributed by atoms with van der Waals surface area (Å²) in [4.78, 5) is 23.3. The van der Waals surface area contributed by atoms with E-state index < -0.39 is 5.97 Å². The van der Waals surface area contributed by atoms with E-state index >= 15 is 0 Å². The number of nitrogens with zero attached hydrogens (tertiary/aromatic N) is 1. The Kier molecular flexibility index (Phi) is 7.27. The smallest absolute Gasteiger partial charge is 0.323 e. The largest absolute Gasteiger partial charge is 0.480 e. The number of carbonyl (C=O) groups excluding carboxylic acids is 1. The Morgan fingerprint density at radius 1 is 1.40 bits per heavy atom. The van der Waals surface area contributed by atoms with Crippen LogP contribution >= 0.6 is 0 Å². The molecule has 0 aliphatic heterocycles. The number of amides is 1. The molecule has 0 spiro atoms. The van der Waals surface area contributed by atoms with Crippen molar-refractivity contribution >= 4 is 11.9 Å². The van der Waals surface area contributed by atoms with Crippen molar-refractivity contribution in [2.45, 2.75) is 19.3 Å². The van der Waals surface area contributed by atoms with E-state index in [-0.39, 0.29) is 19.0 Å². The lowest BCUT2D eigenvalue weighted by Crippen LogP contribution is -2.35. The molecule has 0 rings (SSSR count). The Morgan fingerprint density at radius 2 is 2.07 bits per heavy atom. The first kappa shape index (κ1) is 13.6. The molecule has 1 amide bonds. The minimum Gasteiger partial charge on any atom is -0.480 e. The van der Waals surface area contributed by atoms with Gasteiger partial charge in [-0.1, -0.05) is 6.08 Å². The van der Waals surface area contributed by atoms with E-state index in [0.29, 0.717) is 19.4 Å². The number of carbonyl (C=O) groups is 2. The van der Waals surface area contributed by atoms with Gasteiger partial charge in [0.25, 0.3) is 0 Å². The van der Waals surface area contributed by atoms with Crippen LogP contribution in [0.5, 0.6) is 0 Å². The van der Waals surface area contributed by atoms with Crippen LogP contribution in [0, 0.1) is 0 Å². The van der Waals surface area contributed by atoms with Gasteiger partial charge in [-0.05, 0) is 19.4 Å². The van der Waals surface area contributed by atoms with Gasteiger partial charge in [0, 0.05) is 13.0 Å². The molecule has 0 aromatic rings. The molecular weight excluding hydrogens is 196 g/mol. The van der Waals surface area contributed by atoms with Crippen molar-refractivity contribution in [3.8, 4) is 0 Å². The Morgan fingerprint density at radius 3 is 2.53 bits per heavy atom. The number of carboxylic acids is 1. The van der Waals surface area contributed by atoms with E-state index in [1.54, 1.807) is 0 Å². The third-order valence-electron chi connectivity index (χ3n) is 1.87. The number of rotatable bonds is 8. The zero-order chi connectivity index (χ0) is 11.7. The number of unbranched alkanes of at least 4 members (excludes halogenated alkanes) is 1. The number of hydrogen-bond donors (Lipinski definition) is 2. The van der Waals surface area contributed by atoms with Crippen LogP contribution in [0.2, 0.25) is 0 Å². The van der Waals surface area contributed by atoms with Gasteiger partial charge in [-0.2, -0.15) is 0 Å². The summed E-state index contributed by atoms with van der Waals surface area (Å²) >= 11 is 0. The van der Waals surface area contributed by atoms with Crippen LogP contribution in [-0.4, -0.2) is 41.5 Å². The van der Waals surface area contributed by atoms with Crippen LogP contribution < -0.4 is 5.73 Å². The molecule has 0 bridgehead atoms. The first-order valence-corrected chi connectivity index (χ1v) is 4.92. The molecule has 0 fully saturated rings. The first-order chi connectivity index (χ1) is 7.11. The Balaban J connectivity index is 4.03. The SMILES string of the molecule is C=CCN(CC(=O)O)C(=O)CCCCN. The molecule has 5 heteroatoms. The van der Waals surface area contributed by atoms with E-state index in [0.717, 1.165) is 6.42 Å². The van der Waals surface area contributed by atoms with Gasteiger partial charge in [0.05, 0.1) is 0 Å². The average Bonchev–Trinajstić information content (AvgIpc) is 2.17. The predicted octanol–water partition coefficient (Wildman–Crippen LogP) is 0.215. The van der Waals surface area contributed by atoms with Crippen molar-refractivity contribution < 1.29 is 14.7 Å². The second-order valence-electron chi connectivity index (χ2n) is 3.20. The molecule has 0 aliphatic rings. The molecule has 5 nitrogen and oxygen atoms in total. The van der Waals surface area contributed by atoms with E-state index in [4.69, 9.17) is 10.8 Å². The molecule has 0 saturated carbocycles. The zero-order valence-corrected chi connectivity index (χ0v) is 8.82. The normalized spacial score (nSPS) is 9.67. The van der Waals surface area contributed by atoms with Crippen molar-refractivity contribution in [2.75, 3.05) is 19.6 Å². The first-order valence-electron chi connectivity index (χ1n) is 4.92. The molecule has 0 radical (unpaired) electrons. The fourth-order valence-electron chi connectivity index (χ4n) is 1.15. The molecule has 0 aromatic heterocycles. The van der Waals surface area contributed by atoms with Crippen molar-refractivity contribution in [1.82, 2.24) is 4.90 Å². The van der Waals surface area contributed by atoms with Gasteiger partial charge in [-0.3, -0.25) is 9.59 Å². The lowest BCUT2D eigenvalue weighted by molar-refractivity contribution is -0.144. The van der Waals surface area contributed by atoms with Gasteiger partial charge >= 0.3 is 5.97 Å². The molecule has 0 saturated heterocycles. The highest BCUT2D eigenvalue weighted by Gasteiger charge is 2.14. The van der Waals surface area contributed by atoms with Crippen LogP contribution in [0.4, 0.5) is 0 Å². The highest BCUT2D eigenvalue weighted by atomic mass is 16.4. The molecule has 3 N–H and O–H groups in total. The summed E-state index contributed by atoms with van der Waals surface area (Å²) < 4.78 is 0. The number of aliphatic carboxylic acids is 1. The Bertz CT molecular complexity index is 229. The Hall–Kier alpha value is -1.36. The van der Waals surface area contributed by atoms with Gasteiger partial charge in [-0.15, -0.1) is 6.58 Å². The molecular formula is C10H18N2O3. The highest BCUT2D eigenvalue weighted by Crippen LogP contribution is 2.00. The monoisotopic (exact) mass is 214 g/mol. The van der Waals surface area contributed by atoms with Crippen LogP contribution in [0.15, 0.2) is 12.7 Å². The van der Waals surface area contributed by atoms with E-state index in [9.17, 15) is 9.59 Å². The van der Waals surface area contributed by atoms with E-state index in [2.05, 4.69) is 6.58 Å². The lowest BCUT2D eigenvalue weighted by atomic mass is 10.2. The molecule has 0 atom stereocenters. The summed E-state index contributed by atoms with van der Waals surface area (Å²) in [5, 5.41) is 8.58. The summed E-state index contributed by atoms with van der Waals surface area (Å²) in [6.45, 7) is 4.03. The van der Waals surface area contributed by atoms with Gasteiger partial charge in [0.15, 0.2) is 0 Å². The molecule has 0 aliphatic carbocycles. The standard InChI is InChI=1S/C10H18N2O3/c1-2-7-12(8-10(14)15)9(13)5-3-4-6-11/h2H,1,3-8,11H2,(H,14,15). The van der Waals surface area contributed by atoms with Crippen LogP contribution in [-0.2, 0) is 9.59 Å². The number of nitrogens with two attached hydrogens (primary N) is 1. The second kappa shape index (κ2) is 7.99. The lowest BCUT2D eigenvalue weighted by Gasteiger charge is -2.18. The van der Waals surface area contributed by atoms with Crippen molar-refractivity contribution in [2.24, 2.45) is 5.73 Å². The minimum atomic E-state index is -1.01. The van der Waals surface area contributed by atoms with Gasteiger partial charge in [-0.25, -0.2) is 0 Å². The number of carboxylic acid groups (broad SMARTS) is 1. The summed E-state index contributed by atoms with van der Waals surface area (Å²) in [6, 6.07) is 0. The molecule has 0 unspecified atom stereocenters. The zero-order valence-electron chi connectivity index (χ0n) is 8.82. The van der Waals surface area contributed by atoms with Crippen LogP contribution in [0.3, 0.4) is 0 Å². The number of hydrogen-bond acceptors (Lipinski definition) is 3. The molecule has 0 aromatic carbocycles. The van der Waals surface area contributed by atoms with Gasteiger partial charge in [0.1, 0.15) is 6.54 Å². The fraction of sp³-hybridized carbons (Fsp3) is 0.600. The fourth-order valence-corrected chi connectivity index (χ4v) is 1.15. The average molecular weight is 214 g/mol. The Labute approximate surface area is 89.6 Å². The predicted molar refractivity (Wildman–Crippen MR) is 57.3 cm³/mol. The minimum absolute atomic E-state index is 0.161. The van der Waals surface area contributed by atoms with Crippen molar-refractivity contribution in [3.05, 3.63) is 12.7 Å². The van der Waals surface area contributed by atoms with E-state index in [1.807, 2.05) is 0 Å². The van der Waals surface area contributed by atoms with E-state index in [1.165, 1.54) is 11.0 Å². The van der Waals surface area contributed by atoms with Crippen LogP contribution in [0.25, 0.3) is 0 Å². The summed E-state index contributed by atoms with van der Waals surface area (Å²) in [7, 11) is 0. The maximum atomic E-state index is 11.5. The molecule has 0 heterocycles. The third kappa shape index (κ3) is 6.68. The molecule has 15 heavy (non-hydrogen) atoms. The second-order valence-corrected chi connectivity index (χ2v) is 3.20. The summed E-state index contributed by atoms with van der Waals surface area (Å²) in [5.41, 5.74) is 5.30. The highest BCUT2D eigenvalue weighted by molar-refractivity contribution is 5.81. The van der Waals surface area contributed by atoms with Crippen LogP contribution in [0.1, 0.15) is 19.3 Å².